The lowest BCUT2D eigenvalue weighted by Gasteiger charge is -2.10. The summed E-state index contributed by atoms with van der Waals surface area (Å²) < 4.78 is 1.77. The molecule has 2 aromatic heterocycles. The number of hydrogen-bond acceptors (Lipinski definition) is 4. The number of thioether (sulfide) groups is 1. The highest BCUT2D eigenvalue weighted by atomic mass is 35.5. The Morgan fingerprint density at radius 2 is 1.82 bits per heavy atom. The Morgan fingerprint density at radius 1 is 1.11 bits per heavy atom. The van der Waals surface area contributed by atoms with Crippen LogP contribution in [0.25, 0.3) is 21.3 Å². The van der Waals surface area contributed by atoms with E-state index < -0.39 is 0 Å². The standard InChI is InChI=1S/C22H19ClN2OS2/c1-3-25-21(26)19-18(16-8-4-14(2)5-9-16)13-27-20(19)24-22(25)28-12-15-6-10-17(23)11-7-15/h4-11,13H,3,12H2,1-2H3. The lowest BCUT2D eigenvalue weighted by atomic mass is 10.1. The highest BCUT2D eigenvalue weighted by Gasteiger charge is 2.16. The molecule has 0 aliphatic rings. The van der Waals surface area contributed by atoms with Gasteiger partial charge in [-0.3, -0.25) is 9.36 Å². The van der Waals surface area contributed by atoms with Crippen molar-refractivity contribution < 1.29 is 0 Å². The van der Waals surface area contributed by atoms with Crippen molar-refractivity contribution in [3.8, 4) is 11.1 Å². The van der Waals surface area contributed by atoms with Crippen molar-refractivity contribution in [1.29, 1.82) is 0 Å². The maximum Gasteiger partial charge on any atom is 0.263 e. The van der Waals surface area contributed by atoms with E-state index in [0.29, 0.717) is 11.9 Å². The second-order valence-electron chi connectivity index (χ2n) is 6.55. The van der Waals surface area contributed by atoms with Gasteiger partial charge in [0, 0.05) is 28.3 Å². The highest BCUT2D eigenvalue weighted by Crippen LogP contribution is 2.33. The molecule has 28 heavy (non-hydrogen) atoms. The van der Waals surface area contributed by atoms with Gasteiger partial charge in [0.2, 0.25) is 0 Å². The molecule has 2 aromatic carbocycles. The van der Waals surface area contributed by atoms with Gasteiger partial charge in [0.25, 0.3) is 5.56 Å². The Bertz CT molecular complexity index is 1180. The van der Waals surface area contributed by atoms with Crippen molar-refractivity contribution >= 4 is 44.9 Å². The molecule has 4 aromatic rings. The van der Waals surface area contributed by atoms with Crippen LogP contribution in [0.15, 0.2) is 63.9 Å². The number of benzene rings is 2. The molecule has 0 N–H and O–H groups in total. The molecule has 6 heteroatoms. The first-order valence-electron chi connectivity index (χ1n) is 9.03. The molecule has 0 amide bonds. The Kier molecular flexibility index (Phi) is 5.58. The van der Waals surface area contributed by atoms with E-state index in [0.717, 1.165) is 37.5 Å². The van der Waals surface area contributed by atoms with E-state index in [1.165, 1.54) is 16.9 Å². The summed E-state index contributed by atoms with van der Waals surface area (Å²) in [6.07, 6.45) is 0. The van der Waals surface area contributed by atoms with Gasteiger partial charge in [0.1, 0.15) is 4.83 Å². The molecule has 0 aliphatic heterocycles. The van der Waals surface area contributed by atoms with E-state index in [9.17, 15) is 4.79 Å². The fourth-order valence-corrected chi connectivity index (χ4v) is 5.20. The van der Waals surface area contributed by atoms with Gasteiger partial charge in [-0.25, -0.2) is 4.98 Å². The Balaban J connectivity index is 1.74. The van der Waals surface area contributed by atoms with E-state index in [1.54, 1.807) is 16.3 Å². The number of fused-ring (bicyclic) bond motifs is 1. The fourth-order valence-electron chi connectivity index (χ4n) is 3.07. The summed E-state index contributed by atoms with van der Waals surface area (Å²) in [4.78, 5) is 18.9. The van der Waals surface area contributed by atoms with Crippen molar-refractivity contribution in [2.75, 3.05) is 0 Å². The molecule has 0 fully saturated rings. The lowest BCUT2D eigenvalue weighted by Crippen LogP contribution is -2.22. The molecular weight excluding hydrogens is 408 g/mol. The number of halogens is 1. The van der Waals surface area contributed by atoms with Gasteiger partial charge in [-0.05, 0) is 37.1 Å². The van der Waals surface area contributed by atoms with Gasteiger partial charge in [-0.15, -0.1) is 11.3 Å². The Labute approximate surface area is 177 Å². The predicted molar refractivity (Wildman–Crippen MR) is 121 cm³/mol. The minimum atomic E-state index is 0.0305. The van der Waals surface area contributed by atoms with Crippen LogP contribution >= 0.6 is 34.7 Å². The molecule has 0 saturated carbocycles. The molecule has 0 spiro atoms. The maximum absolute atomic E-state index is 13.3. The summed E-state index contributed by atoms with van der Waals surface area (Å²) in [6.45, 7) is 4.64. The normalized spacial score (nSPS) is 11.2. The first-order chi connectivity index (χ1) is 13.6. The second-order valence-corrected chi connectivity index (χ2v) is 8.79. The summed E-state index contributed by atoms with van der Waals surface area (Å²) in [6, 6.07) is 16.0. The second kappa shape index (κ2) is 8.11. The van der Waals surface area contributed by atoms with E-state index in [-0.39, 0.29) is 5.56 Å². The average molecular weight is 427 g/mol. The van der Waals surface area contributed by atoms with Crippen LogP contribution in [-0.2, 0) is 12.3 Å². The van der Waals surface area contributed by atoms with Crippen LogP contribution in [0.5, 0.6) is 0 Å². The van der Waals surface area contributed by atoms with Crippen LogP contribution in [0.4, 0.5) is 0 Å². The van der Waals surface area contributed by atoms with Crippen LogP contribution in [-0.4, -0.2) is 9.55 Å². The molecule has 0 atom stereocenters. The largest absolute Gasteiger partial charge is 0.287 e. The molecule has 4 rings (SSSR count). The van der Waals surface area contributed by atoms with Crippen molar-refractivity contribution in [3.05, 3.63) is 80.4 Å². The van der Waals surface area contributed by atoms with Gasteiger partial charge >= 0.3 is 0 Å². The summed E-state index contributed by atoms with van der Waals surface area (Å²) >= 11 is 9.07. The monoisotopic (exact) mass is 426 g/mol. The van der Waals surface area contributed by atoms with Crippen LogP contribution in [0.3, 0.4) is 0 Å². The number of nitrogens with zero attached hydrogens (tertiary/aromatic N) is 2. The van der Waals surface area contributed by atoms with E-state index >= 15 is 0 Å². The zero-order valence-electron chi connectivity index (χ0n) is 15.6. The van der Waals surface area contributed by atoms with Crippen molar-refractivity contribution in [1.82, 2.24) is 9.55 Å². The van der Waals surface area contributed by atoms with E-state index in [2.05, 4.69) is 31.2 Å². The van der Waals surface area contributed by atoms with Gasteiger partial charge in [0.15, 0.2) is 5.16 Å². The van der Waals surface area contributed by atoms with Crippen LogP contribution in [0.2, 0.25) is 5.02 Å². The third kappa shape index (κ3) is 3.75. The van der Waals surface area contributed by atoms with Crippen molar-refractivity contribution in [2.45, 2.75) is 31.3 Å². The minimum absolute atomic E-state index is 0.0305. The molecule has 2 heterocycles. The van der Waals surface area contributed by atoms with E-state index in [1.807, 2.05) is 36.6 Å². The van der Waals surface area contributed by atoms with Crippen molar-refractivity contribution in [2.24, 2.45) is 0 Å². The summed E-state index contributed by atoms with van der Waals surface area (Å²) in [5.41, 5.74) is 4.41. The van der Waals surface area contributed by atoms with Crippen molar-refractivity contribution in [3.63, 3.8) is 0 Å². The van der Waals surface area contributed by atoms with Crippen LogP contribution in [0.1, 0.15) is 18.1 Å². The minimum Gasteiger partial charge on any atom is -0.287 e. The molecule has 3 nitrogen and oxygen atoms in total. The van der Waals surface area contributed by atoms with Gasteiger partial charge in [-0.1, -0.05) is 65.3 Å². The summed E-state index contributed by atoms with van der Waals surface area (Å²) in [5, 5.41) is 4.23. The molecule has 0 saturated heterocycles. The van der Waals surface area contributed by atoms with Crippen LogP contribution in [0, 0.1) is 6.92 Å². The fraction of sp³-hybridized carbons (Fsp3) is 0.182. The average Bonchev–Trinajstić information content (AvgIpc) is 3.12. The quantitative estimate of drug-likeness (QED) is 0.273. The van der Waals surface area contributed by atoms with Crippen LogP contribution < -0.4 is 5.56 Å². The maximum atomic E-state index is 13.3. The number of aryl methyl sites for hydroxylation is 1. The Hall–Kier alpha value is -2.08. The zero-order chi connectivity index (χ0) is 19.7. The number of rotatable bonds is 5. The van der Waals surface area contributed by atoms with Gasteiger partial charge in [-0.2, -0.15) is 0 Å². The highest BCUT2D eigenvalue weighted by molar-refractivity contribution is 7.98. The third-order valence-electron chi connectivity index (χ3n) is 4.62. The third-order valence-corrected chi connectivity index (χ3v) is 6.79. The first kappa shape index (κ1) is 19.2. The molecule has 0 radical (unpaired) electrons. The molecular formula is C22H19ClN2OS2. The van der Waals surface area contributed by atoms with E-state index in [4.69, 9.17) is 16.6 Å². The van der Waals surface area contributed by atoms with Gasteiger partial charge < -0.3 is 0 Å². The predicted octanol–water partition coefficient (Wildman–Crippen LogP) is 6.40. The molecule has 0 bridgehead atoms. The molecule has 0 aliphatic carbocycles. The smallest absolute Gasteiger partial charge is 0.263 e. The Morgan fingerprint density at radius 3 is 2.50 bits per heavy atom. The molecule has 142 valence electrons. The zero-order valence-corrected chi connectivity index (χ0v) is 18.0. The number of aromatic nitrogens is 2. The van der Waals surface area contributed by atoms with Gasteiger partial charge in [0.05, 0.1) is 5.39 Å². The SMILES string of the molecule is CCn1c(SCc2ccc(Cl)cc2)nc2scc(-c3ccc(C)cc3)c2c1=O. The lowest BCUT2D eigenvalue weighted by molar-refractivity contribution is 0.635. The number of hydrogen-bond donors (Lipinski definition) is 0. The number of thiophene rings is 1. The topological polar surface area (TPSA) is 34.9 Å². The summed E-state index contributed by atoms with van der Waals surface area (Å²) in [7, 11) is 0. The summed E-state index contributed by atoms with van der Waals surface area (Å²) in [5.74, 6) is 0.741. The first-order valence-corrected chi connectivity index (χ1v) is 11.3. The molecule has 0 unspecified atom stereocenters.